The van der Waals surface area contributed by atoms with E-state index in [2.05, 4.69) is 5.10 Å². The van der Waals surface area contributed by atoms with Crippen LogP contribution in [-0.2, 0) is 28.5 Å². The Hall–Kier alpha value is -6.10. The highest BCUT2D eigenvalue weighted by molar-refractivity contribution is 5.91. The largest absolute Gasteiger partial charge is 0.460 e. The number of ether oxygens (including phenoxy) is 5. The summed E-state index contributed by atoms with van der Waals surface area (Å²) in [6, 6.07) is 21.4. The van der Waals surface area contributed by atoms with Gasteiger partial charge in [-0.3, -0.25) is 4.79 Å². The van der Waals surface area contributed by atoms with E-state index in [0.717, 1.165) is 6.92 Å². The molecule has 0 bridgehead atoms. The fourth-order valence-corrected chi connectivity index (χ4v) is 6.08. The molecule has 0 aromatic heterocycles. The molecule has 1 fully saturated rings. The van der Waals surface area contributed by atoms with Crippen LogP contribution < -0.4 is 5.43 Å². The third-order valence-electron chi connectivity index (χ3n) is 10.1. The highest BCUT2D eigenvalue weighted by Gasteiger charge is 2.95. The third kappa shape index (κ3) is 11.8. The van der Waals surface area contributed by atoms with Crippen molar-refractivity contribution in [2.75, 3.05) is 13.2 Å². The maximum Gasteiger partial charge on any atom is 0.460 e. The first-order valence-electron chi connectivity index (χ1n) is 19.9. The van der Waals surface area contributed by atoms with Crippen LogP contribution in [0.25, 0.3) is 0 Å². The van der Waals surface area contributed by atoms with Crippen molar-refractivity contribution in [3.05, 3.63) is 108 Å². The molecule has 29 heteroatoms. The number of rotatable bonds is 21. The number of amides is 1. The maximum absolute atomic E-state index is 14.4. The fraction of sp³-hybridized carbons (Fsp3) is 0.452. The molecule has 1 aliphatic heterocycles. The van der Waals surface area contributed by atoms with E-state index in [0.29, 0.717) is 0 Å². The topological polar surface area (TPSA) is 159 Å². The number of carbonyl (C=O) groups is 4. The molecule has 71 heavy (non-hydrogen) atoms. The van der Waals surface area contributed by atoms with Crippen molar-refractivity contribution in [3.8, 4) is 0 Å². The summed E-state index contributed by atoms with van der Waals surface area (Å²) in [6.45, 7) is -0.582. The number of aliphatic hydroxyl groups excluding tert-OH is 1. The van der Waals surface area contributed by atoms with Gasteiger partial charge in [-0.25, -0.2) is 19.8 Å². The standard InChI is InChI=1S/C42H35F17N2O10/c1-22(60-61-27(63)17-19-35(43,44)36(45,46)37(47,48)38(49,50)39(51,52)40(53,54)41(55,56)42(57,58)59)18-20-67-34-30(71-33(66)25-15-9-4-10-16-25)29(70-32(65)24-13-7-3-8-14-24)28(26(21-62)68-34)69-31(64)23-11-5-2-6-12-23/h2-16,26,28-30,34,62H,17-21H2,1H3,(H,61,63)/b60-22+/t26-,28+,29+,30-,34-/m1/s1. The Kier molecular flexibility index (Phi) is 17.6. The molecule has 3 aromatic carbocycles. The fourth-order valence-electron chi connectivity index (χ4n) is 6.08. The highest BCUT2D eigenvalue weighted by Crippen LogP contribution is 2.64. The first-order chi connectivity index (χ1) is 32.7. The summed E-state index contributed by atoms with van der Waals surface area (Å²) < 4.78 is 260. The normalized spacial score (nSPS) is 19.9. The van der Waals surface area contributed by atoms with Crippen molar-refractivity contribution in [1.82, 2.24) is 5.43 Å². The Morgan fingerprint density at radius 1 is 0.549 bits per heavy atom. The lowest BCUT2D eigenvalue weighted by atomic mass is 9.88. The van der Waals surface area contributed by atoms with Crippen LogP contribution in [0.1, 0.15) is 57.3 Å². The number of hydrazone groups is 1. The smallest absolute Gasteiger partial charge is 0.452 e. The lowest BCUT2D eigenvalue weighted by Gasteiger charge is -2.44. The number of nitrogens with one attached hydrogen (secondary N) is 1. The quantitative estimate of drug-likeness (QED) is 0.0347. The van der Waals surface area contributed by atoms with Gasteiger partial charge in [-0.15, -0.1) is 0 Å². The monoisotopic (exact) mass is 1050 g/mol. The Morgan fingerprint density at radius 3 is 1.34 bits per heavy atom. The van der Waals surface area contributed by atoms with E-state index in [-0.39, 0.29) is 22.4 Å². The minimum atomic E-state index is -8.80. The van der Waals surface area contributed by atoms with Gasteiger partial charge in [-0.05, 0) is 43.3 Å². The molecule has 12 nitrogen and oxygen atoms in total. The zero-order chi connectivity index (χ0) is 53.6. The van der Waals surface area contributed by atoms with Crippen molar-refractivity contribution in [2.24, 2.45) is 5.10 Å². The molecule has 1 amide bonds. The lowest BCUT2D eigenvalue weighted by Crippen LogP contribution is -2.74. The van der Waals surface area contributed by atoms with Crippen LogP contribution in [0.3, 0.4) is 0 Å². The van der Waals surface area contributed by atoms with Gasteiger partial charge in [0.25, 0.3) is 0 Å². The molecule has 0 radical (unpaired) electrons. The molecule has 0 spiro atoms. The number of nitrogens with zero attached hydrogens (tertiary/aromatic N) is 1. The molecule has 0 aliphatic carbocycles. The summed E-state index contributed by atoms with van der Waals surface area (Å²) >= 11 is 0. The second-order valence-electron chi connectivity index (χ2n) is 15.1. The number of benzene rings is 3. The van der Waals surface area contributed by atoms with Crippen LogP contribution in [0.4, 0.5) is 74.6 Å². The second-order valence-corrected chi connectivity index (χ2v) is 15.1. The number of hydrogen-bond acceptors (Lipinski definition) is 11. The van der Waals surface area contributed by atoms with E-state index in [9.17, 15) is 98.9 Å². The molecule has 5 atom stereocenters. The average Bonchev–Trinajstić information content (AvgIpc) is 3.31. The second kappa shape index (κ2) is 21.7. The summed E-state index contributed by atoms with van der Waals surface area (Å²) in [6.07, 6.45) is -22.5. The Labute approximate surface area is 388 Å². The molecule has 0 unspecified atom stereocenters. The number of aliphatic hydroxyl groups is 1. The van der Waals surface area contributed by atoms with E-state index in [4.69, 9.17) is 23.7 Å². The van der Waals surface area contributed by atoms with Gasteiger partial charge in [0.2, 0.25) is 5.91 Å². The van der Waals surface area contributed by atoms with Crippen LogP contribution in [0, 0.1) is 0 Å². The van der Waals surface area contributed by atoms with Gasteiger partial charge < -0.3 is 28.8 Å². The average molecular weight is 1050 g/mol. The summed E-state index contributed by atoms with van der Waals surface area (Å²) in [5, 5.41) is 13.7. The van der Waals surface area contributed by atoms with Gasteiger partial charge in [-0.2, -0.15) is 79.7 Å². The Bertz CT molecular complexity index is 2340. The van der Waals surface area contributed by atoms with E-state index >= 15 is 0 Å². The first-order valence-corrected chi connectivity index (χ1v) is 19.9. The van der Waals surface area contributed by atoms with Gasteiger partial charge in [0.15, 0.2) is 24.6 Å². The van der Waals surface area contributed by atoms with Crippen LogP contribution in [0.5, 0.6) is 0 Å². The van der Waals surface area contributed by atoms with Crippen molar-refractivity contribution in [3.63, 3.8) is 0 Å². The molecular formula is C42H35F17N2O10. The zero-order valence-corrected chi connectivity index (χ0v) is 35.6. The first kappa shape index (κ1) is 57.5. The van der Waals surface area contributed by atoms with E-state index < -0.39 is 135 Å². The molecule has 3 aromatic rings. The summed E-state index contributed by atoms with van der Waals surface area (Å²) in [5.74, 6) is -63.0. The molecule has 4 rings (SSSR count). The third-order valence-corrected chi connectivity index (χ3v) is 10.1. The zero-order valence-electron chi connectivity index (χ0n) is 35.6. The van der Waals surface area contributed by atoms with Crippen LogP contribution in [0.2, 0.25) is 0 Å². The van der Waals surface area contributed by atoms with E-state index in [1.54, 1.807) is 18.2 Å². The maximum atomic E-state index is 14.4. The SMILES string of the molecule is C/C(CCO[C@@H]1O[C@H](CO)[C@H](OC(=O)c2ccccc2)[C@H](OC(=O)c2ccccc2)[C@H]1OC(=O)c1ccccc1)=N\NC(=O)CCC(F)(F)C(F)(F)C(F)(F)C(F)(F)C(F)(F)C(F)(F)C(F)(F)C(F)(F)F. The van der Waals surface area contributed by atoms with Gasteiger partial charge in [0, 0.05) is 25.0 Å². The van der Waals surface area contributed by atoms with Crippen molar-refractivity contribution in [2.45, 2.75) is 105 Å². The molecular weight excluding hydrogens is 1020 g/mol. The predicted molar refractivity (Wildman–Crippen MR) is 204 cm³/mol. The summed E-state index contributed by atoms with van der Waals surface area (Å²) in [7, 11) is 0. The molecule has 1 aliphatic rings. The molecule has 392 valence electrons. The van der Waals surface area contributed by atoms with E-state index in [1.807, 2.05) is 0 Å². The Balaban J connectivity index is 1.51. The summed E-state index contributed by atoms with van der Waals surface area (Å²) in [5.41, 5.74) is 0.947. The van der Waals surface area contributed by atoms with Crippen molar-refractivity contribution in [1.29, 1.82) is 0 Å². The molecule has 2 N–H and O–H groups in total. The molecule has 1 heterocycles. The van der Waals surface area contributed by atoms with E-state index in [1.165, 1.54) is 78.2 Å². The van der Waals surface area contributed by atoms with Crippen LogP contribution in [0.15, 0.2) is 96.1 Å². The number of halogens is 17. The number of carbonyl (C=O) groups excluding carboxylic acids is 4. The van der Waals surface area contributed by atoms with Crippen LogP contribution in [-0.4, -0.2) is 126 Å². The lowest BCUT2D eigenvalue weighted by molar-refractivity contribution is -0.461. The van der Waals surface area contributed by atoms with Gasteiger partial charge >= 0.3 is 65.5 Å². The number of esters is 3. The molecule has 1 saturated heterocycles. The number of alkyl halides is 17. The minimum absolute atomic E-state index is 0.0246. The van der Waals surface area contributed by atoms with Gasteiger partial charge in [-0.1, -0.05) is 54.6 Å². The summed E-state index contributed by atoms with van der Waals surface area (Å²) in [4.78, 5) is 52.4. The van der Waals surface area contributed by atoms with Gasteiger partial charge in [0.05, 0.1) is 29.9 Å². The van der Waals surface area contributed by atoms with Gasteiger partial charge in [0.1, 0.15) is 6.10 Å². The number of hydrogen-bond donors (Lipinski definition) is 2. The van der Waals surface area contributed by atoms with Crippen molar-refractivity contribution >= 4 is 29.5 Å². The van der Waals surface area contributed by atoms with Crippen molar-refractivity contribution < 1.29 is 123 Å². The Morgan fingerprint density at radius 2 is 0.930 bits per heavy atom. The predicted octanol–water partition coefficient (Wildman–Crippen LogP) is 9.07. The molecule has 0 saturated carbocycles. The van der Waals surface area contributed by atoms with Crippen LogP contribution >= 0.6 is 0 Å². The minimum Gasteiger partial charge on any atom is -0.452 e. The highest BCUT2D eigenvalue weighted by atomic mass is 19.4.